The van der Waals surface area contributed by atoms with Crippen LogP contribution in [0.2, 0.25) is 0 Å². The molecule has 0 aromatic heterocycles. The Morgan fingerprint density at radius 3 is 2.69 bits per heavy atom. The van der Waals surface area contributed by atoms with E-state index in [9.17, 15) is 4.79 Å². The van der Waals surface area contributed by atoms with Gasteiger partial charge in [-0.3, -0.25) is 4.79 Å². The molecule has 0 radical (unpaired) electrons. The number of rotatable bonds is 4. The number of aliphatic carboxylic acids is 1. The maximum Gasteiger partial charge on any atom is 0.303 e. The fourth-order valence-corrected chi connectivity index (χ4v) is 2.58. The van der Waals surface area contributed by atoms with Crippen LogP contribution in [0.1, 0.15) is 46.0 Å². The van der Waals surface area contributed by atoms with Crippen LogP contribution in [0, 0.1) is 17.8 Å². The summed E-state index contributed by atoms with van der Waals surface area (Å²) in [4.78, 5) is 10.4. The molecule has 0 amide bonds. The molecule has 0 aromatic carbocycles. The Balaban J connectivity index is 2.29. The molecule has 3 atom stereocenters. The van der Waals surface area contributed by atoms with Crippen molar-refractivity contribution in [3.05, 3.63) is 0 Å². The molecular formula is C11H20O2. The summed E-state index contributed by atoms with van der Waals surface area (Å²) < 4.78 is 0. The van der Waals surface area contributed by atoms with Crippen molar-refractivity contribution in [2.75, 3.05) is 0 Å². The van der Waals surface area contributed by atoms with E-state index in [0.29, 0.717) is 12.3 Å². The molecule has 2 heteroatoms. The summed E-state index contributed by atoms with van der Waals surface area (Å²) >= 11 is 0. The average molecular weight is 184 g/mol. The second kappa shape index (κ2) is 4.64. The first-order valence-corrected chi connectivity index (χ1v) is 5.33. The van der Waals surface area contributed by atoms with Crippen LogP contribution in [0.4, 0.5) is 0 Å². The quantitative estimate of drug-likeness (QED) is 0.729. The Kier molecular flexibility index (Phi) is 3.76. The standard InChI is InChI=1S/C11H20O2/c1-8-4-3-5-10(8)9(2)6-7-11(12)13/h8-10H,3-7H2,1-2H3,(H,12,13)/t8-,9?,10+/m1/s1. The lowest BCUT2D eigenvalue weighted by Gasteiger charge is -2.22. The summed E-state index contributed by atoms with van der Waals surface area (Å²) in [6.45, 7) is 4.50. The highest BCUT2D eigenvalue weighted by atomic mass is 16.4. The van der Waals surface area contributed by atoms with Gasteiger partial charge in [-0.25, -0.2) is 0 Å². The highest BCUT2D eigenvalue weighted by molar-refractivity contribution is 5.66. The lowest BCUT2D eigenvalue weighted by Crippen LogP contribution is -2.15. The highest BCUT2D eigenvalue weighted by Crippen LogP contribution is 2.38. The molecule has 1 N–H and O–H groups in total. The number of carboxylic acids is 1. The van der Waals surface area contributed by atoms with Crippen LogP contribution >= 0.6 is 0 Å². The Hall–Kier alpha value is -0.530. The fourth-order valence-electron chi connectivity index (χ4n) is 2.58. The van der Waals surface area contributed by atoms with Crippen molar-refractivity contribution < 1.29 is 9.90 Å². The van der Waals surface area contributed by atoms with Crippen molar-refractivity contribution in [3.63, 3.8) is 0 Å². The number of carbonyl (C=O) groups is 1. The summed E-state index contributed by atoms with van der Waals surface area (Å²) in [6, 6.07) is 0. The van der Waals surface area contributed by atoms with Gasteiger partial charge in [-0.1, -0.05) is 26.7 Å². The summed E-state index contributed by atoms with van der Waals surface area (Å²) in [5, 5.41) is 8.57. The van der Waals surface area contributed by atoms with Gasteiger partial charge < -0.3 is 5.11 Å². The minimum Gasteiger partial charge on any atom is -0.481 e. The molecular weight excluding hydrogens is 164 g/mol. The van der Waals surface area contributed by atoms with E-state index >= 15 is 0 Å². The molecule has 0 spiro atoms. The van der Waals surface area contributed by atoms with Crippen LogP contribution < -0.4 is 0 Å². The van der Waals surface area contributed by atoms with E-state index in [1.165, 1.54) is 19.3 Å². The molecule has 1 aliphatic rings. The highest BCUT2D eigenvalue weighted by Gasteiger charge is 2.28. The predicted octanol–water partition coefficient (Wildman–Crippen LogP) is 2.92. The van der Waals surface area contributed by atoms with E-state index < -0.39 is 5.97 Å². The predicted molar refractivity (Wildman–Crippen MR) is 52.5 cm³/mol. The SMILES string of the molecule is CC(CCC(=O)O)[C@H]1CCC[C@H]1C. The lowest BCUT2D eigenvalue weighted by molar-refractivity contribution is -0.137. The summed E-state index contributed by atoms with van der Waals surface area (Å²) in [7, 11) is 0. The van der Waals surface area contributed by atoms with Crippen molar-refractivity contribution >= 4 is 5.97 Å². The normalized spacial score (nSPS) is 30.3. The zero-order valence-electron chi connectivity index (χ0n) is 8.62. The summed E-state index contributed by atoms with van der Waals surface area (Å²) in [6.07, 6.45) is 5.17. The maximum absolute atomic E-state index is 10.4. The third-order valence-corrected chi connectivity index (χ3v) is 3.47. The van der Waals surface area contributed by atoms with Crippen LogP contribution in [-0.4, -0.2) is 11.1 Å². The van der Waals surface area contributed by atoms with Gasteiger partial charge in [0, 0.05) is 6.42 Å². The zero-order chi connectivity index (χ0) is 9.84. The van der Waals surface area contributed by atoms with Crippen LogP contribution in [-0.2, 0) is 4.79 Å². The Morgan fingerprint density at radius 1 is 1.54 bits per heavy atom. The third kappa shape index (κ3) is 3.02. The maximum atomic E-state index is 10.4. The van der Waals surface area contributed by atoms with Crippen LogP contribution in [0.5, 0.6) is 0 Å². The van der Waals surface area contributed by atoms with Crippen molar-refractivity contribution in [1.29, 1.82) is 0 Å². The third-order valence-electron chi connectivity index (χ3n) is 3.47. The molecule has 0 heterocycles. The fraction of sp³-hybridized carbons (Fsp3) is 0.909. The van der Waals surface area contributed by atoms with E-state index in [-0.39, 0.29) is 0 Å². The molecule has 0 bridgehead atoms. The van der Waals surface area contributed by atoms with Crippen LogP contribution in [0.3, 0.4) is 0 Å². The lowest BCUT2D eigenvalue weighted by atomic mass is 9.83. The van der Waals surface area contributed by atoms with E-state index in [1.54, 1.807) is 0 Å². The van der Waals surface area contributed by atoms with E-state index in [1.807, 2.05) is 0 Å². The Bertz CT molecular complexity index is 177. The van der Waals surface area contributed by atoms with Gasteiger partial charge in [0.25, 0.3) is 0 Å². The zero-order valence-corrected chi connectivity index (χ0v) is 8.62. The monoisotopic (exact) mass is 184 g/mol. The number of carboxylic acid groups (broad SMARTS) is 1. The first-order chi connectivity index (χ1) is 6.11. The largest absolute Gasteiger partial charge is 0.481 e. The molecule has 2 nitrogen and oxygen atoms in total. The molecule has 0 aliphatic heterocycles. The van der Waals surface area contributed by atoms with Gasteiger partial charge in [0.1, 0.15) is 0 Å². The van der Waals surface area contributed by atoms with Gasteiger partial charge in [0.2, 0.25) is 0 Å². The molecule has 1 aliphatic carbocycles. The molecule has 0 aromatic rings. The van der Waals surface area contributed by atoms with Gasteiger partial charge in [-0.2, -0.15) is 0 Å². The minimum atomic E-state index is -0.655. The molecule has 13 heavy (non-hydrogen) atoms. The second-order valence-corrected chi connectivity index (χ2v) is 4.48. The topological polar surface area (TPSA) is 37.3 Å². The van der Waals surface area contributed by atoms with Gasteiger partial charge >= 0.3 is 5.97 Å². The molecule has 76 valence electrons. The minimum absolute atomic E-state index is 0.338. The second-order valence-electron chi connectivity index (χ2n) is 4.48. The van der Waals surface area contributed by atoms with Crippen LogP contribution in [0.15, 0.2) is 0 Å². The summed E-state index contributed by atoms with van der Waals surface area (Å²) in [5.41, 5.74) is 0. The van der Waals surface area contributed by atoms with Gasteiger partial charge in [-0.15, -0.1) is 0 Å². The Morgan fingerprint density at radius 2 is 2.23 bits per heavy atom. The van der Waals surface area contributed by atoms with Crippen LogP contribution in [0.25, 0.3) is 0 Å². The van der Waals surface area contributed by atoms with E-state index in [4.69, 9.17) is 5.11 Å². The molecule has 1 saturated carbocycles. The molecule has 1 rings (SSSR count). The number of hydrogen-bond acceptors (Lipinski definition) is 1. The van der Waals surface area contributed by atoms with Gasteiger partial charge in [-0.05, 0) is 30.6 Å². The summed E-state index contributed by atoms with van der Waals surface area (Å²) in [5.74, 6) is 1.52. The van der Waals surface area contributed by atoms with E-state index in [0.717, 1.165) is 18.3 Å². The van der Waals surface area contributed by atoms with Crippen molar-refractivity contribution in [3.8, 4) is 0 Å². The molecule has 0 saturated heterocycles. The van der Waals surface area contributed by atoms with E-state index in [2.05, 4.69) is 13.8 Å². The van der Waals surface area contributed by atoms with Crippen molar-refractivity contribution in [2.24, 2.45) is 17.8 Å². The van der Waals surface area contributed by atoms with Gasteiger partial charge in [0.15, 0.2) is 0 Å². The van der Waals surface area contributed by atoms with Crippen molar-refractivity contribution in [1.82, 2.24) is 0 Å². The smallest absolute Gasteiger partial charge is 0.303 e. The average Bonchev–Trinajstić information content (AvgIpc) is 2.47. The first kappa shape index (κ1) is 10.6. The number of hydrogen-bond donors (Lipinski definition) is 1. The first-order valence-electron chi connectivity index (χ1n) is 5.33. The molecule has 1 unspecified atom stereocenters. The Labute approximate surface area is 80.3 Å². The molecule has 1 fully saturated rings. The van der Waals surface area contributed by atoms with Gasteiger partial charge in [0.05, 0.1) is 0 Å². The van der Waals surface area contributed by atoms with Crippen molar-refractivity contribution in [2.45, 2.75) is 46.0 Å².